The van der Waals surface area contributed by atoms with Crippen LogP contribution in [0, 0.1) is 0 Å². The van der Waals surface area contributed by atoms with E-state index in [0.29, 0.717) is 29.3 Å². The molecule has 188 valence electrons. The fourth-order valence-electron chi connectivity index (χ4n) is 3.63. The number of hydrogen-bond donors (Lipinski definition) is 4. The first-order valence-electron chi connectivity index (χ1n) is 11.1. The van der Waals surface area contributed by atoms with Gasteiger partial charge in [0, 0.05) is 18.8 Å². The number of hydrogen-bond acceptors (Lipinski definition) is 8. The van der Waals surface area contributed by atoms with E-state index in [4.69, 9.17) is 15.2 Å². The molecule has 2 aliphatic rings. The van der Waals surface area contributed by atoms with Gasteiger partial charge in [-0.3, -0.25) is 29.0 Å². The molecule has 5 N–H and O–H groups in total. The maximum Gasteiger partial charge on any atom is 0.256 e. The number of rotatable bonds is 11. The molecule has 1 atom stereocenters. The van der Waals surface area contributed by atoms with E-state index in [9.17, 15) is 24.0 Å². The normalized spacial score (nSPS) is 16.0. The van der Waals surface area contributed by atoms with Gasteiger partial charge in [0.05, 0.1) is 57.1 Å². The Bertz CT molecular complexity index is 1040. The van der Waals surface area contributed by atoms with Gasteiger partial charge in [-0.15, -0.1) is 0 Å². The Kier molecular flexibility index (Phi) is 8.59. The van der Waals surface area contributed by atoms with E-state index in [2.05, 4.69) is 20.9 Å². The van der Waals surface area contributed by atoms with E-state index in [-0.39, 0.29) is 44.6 Å². The minimum Gasteiger partial charge on any atom is -0.493 e. The van der Waals surface area contributed by atoms with Crippen LogP contribution in [0.25, 0.3) is 0 Å². The average molecular weight is 489 g/mol. The van der Waals surface area contributed by atoms with Crippen LogP contribution in [0.3, 0.4) is 0 Å². The van der Waals surface area contributed by atoms with Crippen molar-refractivity contribution >= 4 is 41.4 Å². The number of methoxy groups -OCH3 is 1. The summed E-state index contributed by atoms with van der Waals surface area (Å²) in [6.45, 7) is -0.344. The maximum absolute atomic E-state index is 12.9. The average Bonchev–Trinajstić information content (AvgIpc) is 3.27. The van der Waals surface area contributed by atoms with Crippen molar-refractivity contribution in [1.29, 1.82) is 0 Å². The molecule has 3 rings (SSSR count). The van der Waals surface area contributed by atoms with Gasteiger partial charge in [-0.05, 0) is 18.9 Å². The van der Waals surface area contributed by atoms with Crippen LogP contribution >= 0.6 is 0 Å². The van der Waals surface area contributed by atoms with Crippen molar-refractivity contribution < 1.29 is 33.4 Å². The Labute approximate surface area is 201 Å². The summed E-state index contributed by atoms with van der Waals surface area (Å²) in [4.78, 5) is 64.9. The van der Waals surface area contributed by atoms with Gasteiger partial charge < -0.3 is 36.1 Å². The molecule has 35 heavy (non-hydrogen) atoms. The minimum atomic E-state index is -0.704. The fraction of sp³-hybridized carbons (Fsp3) is 0.455. The Hall–Kier alpha value is -4.16. The van der Waals surface area contributed by atoms with Gasteiger partial charge in [0.15, 0.2) is 11.5 Å². The summed E-state index contributed by atoms with van der Waals surface area (Å²) in [6, 6.07) is 3.18. The molecule has 1 aromatic rings. The summed E-state index contributed by atoms with van der Waals surface area (Å²) in [5.41, 5.74) is 5.81. The van der Waals surface area contributed by atoms with Crippen molar-refractivity contribution in [2.75, 3.05) is 39.9 Å². The van der Waals surface area contributed by atoms with Gasteiger partial charge >= 0.3 is 0 Å². The molecule has 0 unspecified atom stereocenters. The van der Waals surface area contributed by atoms with E-state index in [1.807, 2.05) is 0 Å². The summed E-state index contributed by atoms with van der Waals surface area (Å²) in [5, 5.41) is 6.93. The first kappa shape index (κ1) is 25.5. The molecule has 2 aliphatic heterocycles. The van der Waals surface area contributed by atoms with E-state index in [0.717, 1.165) is 12.8 Å². The highest BCUT2D eigenvalue weighted by atomic mass is 16.5. The molecule has 0 aromatic heterocycles. The lowest BCUT2D eigenvalue weighted by atomic mass is 10.1. The Morgan fingerprint density at radius 1 is 1.06 bits per heavy atom. The van der Waals surface area contributed by atoms with Gasteiger partial charge in [0.2, 0.25) is 23.6 Å². The van der Waals surface area contributed by atoms with Crippen LogP contribution in [0.2, 0.25) is 0 Å². The molecule has 0 spiro atoms. The lowest BCUT2D eigenvalue weighted by Gasteiger charge is -2.20. The largest absolute Gasteiger partial charge is 0.493 e. The third-order valence-electron chi connectivity index (χ3n) is 5.40. The number of amides is 5. The summed E-state index contributed by atoms with van der Waals surface area (Å²) in [7, 11) is 1.46. The summed E-state index contributed by atoms with van der Waals surface area (Å²) in [5.74, 6) is -1.73. The van der Waals surface area contributed by atoms with Crippen molar-refractivity contribution in [1.82, 2.24) is 20.9 Å². The zero-order valence-electron chi connectivity index (χ0n) is 19.3. The smallest absolute Gasteiger partial charge is 0.256 e. The van der Waals surface area contributed by atoms with Crippen LogP contribution in [-0.2, 0) is 19.2 Å². The molecular weight excluding hydrogens is 460 g/mol. The summed E-state index contributed by atoms with van der Waals surface area (Å²) in [6.07, 6.45) is 3.53. The van der Waals surface area contributed by atoms with Crippen LogP contribution < -0.4 is 31.2 Å². The second-order valence-corrected chi connectivity index (χ2v) is 7.90. The topological polar surface area (TPSA) is 182 Å². The number of nitrogens with one attached hydrogen (secondary N) is 3. The molecule has 1 fully saturated rings. The Morgan fingerprint density at radius 3 is 2.43 bits per heavy atom. The zero-order chi connectivity index (χ0) is 25.4. The van der Waals surface area contributed by atoms with E-state index in [1.165, 1.54) is 7.11 Å². The molecule has 0 radical (unpaired) electrons. The molecule has 1 saturated heterocycles. The number of nitrogens with zero attached hydrogens (tertiary/aromatic N) is 2. The van der Waals surface area contributed by atoms with Crippen molar-refractivity contribution in [2.45, 2.75) is 25.3 Å². The zero-order valence-corrected chi connectivity index (χ0v) is 19.3. The predicted molar refractivity (Wildman–Crippen MR) is 124 cm³/mol. The monoisotopic (exact) mass is 488 g/mol. The highest BCUT2D eigenvalue weighted by Gasteiger charge is 2.32. The number of nitrogens with two attached hydrogens (primary N) is 1. The number of carbonyl (C=O) groups excluding carboxylic acids is 5. The molecule has 1 aromatic carbocycles. The van der Waals surface area contributed by atoms with Gasteiger partial charge in [-0.2, -0.15) is 0 Å². The molecular formula is C22H28N6O7. The van der Waals surface area contributed by atoms with E-state index >= 15 is 0 Å². The number of fused-ring (bicyclic) bond motifs is 2. The van der Waals surface area contributed by atoms with E-state index in [1.54, 1.807) is 23.2 Å². The second kappa shape index (κ2) is 11.8. The van der Waals surface area contributed by atoms with Crippen molar-refractivity contribution in [3.05, 3.63) is 17.7 Å². The van der Waals surface area contributed by atoms with E-state index < -0.39 is 23.6 Å². The van der Waals surface area contributed by atoms with Crippen molar-refractivity contribution in [3.63, 3.8) is 0 Å². The van der Waals surface area contributed by atoms with Gasteiger partial charge in [-0.25, -0.2) is 0 Å². The number of benzene rings is 1. The number of aliphatic imine (C=N–C) groups is 1. The molecule has 13 nitrogen and oxygen atoms in total. The Morgan fingerprint density at radius 2 is 1.74 bits per heavy atom. The van der Waals surface area contributed by atoms with Crippen LogP contribution in [-0.4, -0.2) is 86.6 Å². The van der Waals surface area contributed by atoms with Crippen molar-refractivity contribution in [3.8, 4) is 11.5 Å². The minimum absolute atomic E-state index is 0.00939. The van der Waals surface area contributed by atoms with Gasteiger partial charge in [-0.1, -0.05) is 0 Å². The summed E-state index contributed by atoms with van der Waals surface area (Å²) >= 11 is 0. The molecule has 13 heteroatoms. The number of ether oxygens (including phenoxy) is 2. The van der Waals surface area contributed by atoms with Crippen LogP contribution in [0.1, 0.15) is 29.6 Å². The fourth-order valence-corrected chi connectivity index (χ4v) is 3.63. The number of carbonyl (C=O) groups is 5. The molecule has 2 heterocycles. The first-order valence-corrected chi connectivity index (χ1v) is 11.1. The standard InChI is InChI=1S/C22H28N6O7/c1-34-16-7-14-15(24-9-13-3-2-5-28(13)22(14)33)8-17(16)35-6-4-19(30)26-11-21(32)27-12-20(31)25-10-18(23)29/h7-9,13H,2-6,10-12H2,1H3,(H2,23,29)(H,25,31)(H,26,30)(H,27,32)/t13-/m0/s1. The van der Waals surface area contributed by atoms with Gasteiger partial charge in [0.25, 0.3) is 5.91 Å². The Balaban J connectivity index is 1.46. The highest BCUT2D eigenvalue weighted by Crippen LogP contribution is 2.38. The SMILES string of the molecule is COc1cc2c(cc1OCCC(=O)NCC(=O)NCC(=O)NCC(N)=O)N=C[C@@H]1CCCN1C2=O. The third-order valence-corrected chi connectivity index (χ3v) is 5.40. The second-order valence-electron chi connectivity index (χ2n) is 7.90. The predicted octanol–water partition coefficient (Wildman–Crippen LogP) is -1.38. The molecule has 0 bridgehead atoms. The lowest BCUT2D eigenvalue weighted by molar-refractivity contribution is -0.128. The van der Waals surface area contributed by atoms with Crippen LogP contribution in [0.5, 0.6) is 11.5 Å². The third kappa shape index (κ3) is 6.91. The molecule has 0 saturated carbocycles. The quantitative estimate of drug-likeness (QED) is 0.296. The van der Waals surface area contributed by atoms with Crippen LogP contribution in [0.4, 0.5) is 5.69 Å². The molecule has 5 amide bonds. The lowest BCUT2D eigenvalue weighted by Crippen LogP contribution is -2.43. The van der Waals surface area contributed by atoms with Crippen molar-refractivity contribution in [2.24, 2.45) is 10.7 Å². The van der Waals surface area contributed by atoms with Crippen LogP contribution in [0.15, 0.2) is 17.1 Å². The van der Waals surface area contributed by atoms with Gasteiger partial charge in [0.1, 0.15) is 0 Å². The summed E-state index contributed by atoms with van der Waals surface area (Å²) < 4.78 is 11.1. The first-order chi connectivity index (χ1) is 16.8. The highest BCUT2D eigenvalue weighted by molar-refractivity contribution is 6.03. The number of primary amides is 1. The molecule has 0 aliphatic carbocycles. The maximum atomic E-state index is 12.9.